The van der Waals surface area contributed by atoms with Crippen molar-refractivity contribution < 1.29 is 19.4 Å². The van der Waals surface area contributed by atoms with Crippen molar-refractivity contribution in [2.75, 3.05) is 40.3 Å². The summed E-state index contributed by atoms with van der Waals surface area (Å²) in [7, 11) is 3.45. The Morgan fingerprint density at radius 2 is 2.00 bits per heavy atom. The highest BCUT2D eigenvalue weighted by atomic mass is 16.5. The molecule has 0 heterocycles. The summed E-state index contributed by atoms with van der Waals surface area (Å²) in [5.41, 5.74) is 0.197. The van der Waals surface area contributed by atoms with Crippen LogP contribution in [0.2, 0.25) is 0 Å². The van der Waals surface area contributed by atoms with Crippen LogP contribution in [0, 0.1) is 0 Å². The third kappa shape index (κ3) is 5.83. The van der Waals surface area contributed by atoms with Gasteiger partial charge in [-0.15, -0.1) is 0 Å². The van der Waals surface area contributed by atoms with Crippen LogP contribution in [0.3, 0.4) is 0 Å². The van der Waals surface area contributed by atoms with E-state index < -0.39 is 5.97 Å². The fourth-order valence-corrected chi connectivity index (χ4v) is 1.69. The quantitative estimate of drug-likeness (QED) is 0.779. The number of ether oxygens (including phenoxy) is 1. The number of likely N-dealkylation sites (N-methyl/N-ethyl adjacent to an activating group) is 2. The van der Waals surface area contributed by atoms with Gasteiger partial charge in [0.05, 0.1) is 12.1 Å². The first-order valence-corrected chi connectivity index (χ1v) is 6.82. The number of hydrogen-bond acceptors (Lipinski definition) is 4. The molecule has 0 aliphatic carbocycles. The lowest BCUT2D eigenvalue weighted by molar-refractivity contribution is -0.129. The second-order valence-electron chi connectivity index (χ2n) is 4.84. The van der Waals surface area contributed by atoms with Crippen LogP contribution in [0.25, 0.3) is 0 Å². The van der Waals surface area contributed by atoms with Crippen LogP contribution in [-0.4, -0.2) is 67.1 Å². The smallest absolute Gasteiger partial charge is 0.335 e. The normalized spacial score (nSPS) is 10.5. The lowest BCUT2D eigenvalue weighted by Crippen LogP contribution is -2.38. The molecule has 0 spiro atoms. The van der Waals surface area contributed by atoms with Gasteiger partial charge in [-0.1, -0.05) is 13.0 Å². The molecule has 0 aliphatic heterocycles. The second-order valence-corrected chi connectivity index (χ2v) is 4.84. The fourth-order valence-electron chi connectivity index (χ4n) is 1.69. The van der Waals surface area contributed by atoms with Gasteiger partial charge in [0.1, 0.15) is 12.4 Å². The Hall–Kier alpha value is -2.08. The van der Waals surface area contributed by atoms with Crippen molar-refractivity contribution in [3.05, 3.63) is 29.8 Å². The Morgan fingerprint density at radius 3 is 2.57 bits per heavy atom. The molecule has 6 nitrogen and oxygen atoms in total. The van der Waals surface area contributed by atoms with Gasteiger partial charge in [-0.2, -0.15) is 0 Å². The van der Waals surface area contributed by atoms with Crippen molar-refractivity contribution in [1.29, 1.82) is 0 Å². The predicted molar refractivity (Wildman–Crippen MR) is 79.7 cm³/mol. The molecule has 0 aromatic heterocycles. The predicted octanol–water partition coefficient (Wildman–Crippen LogP) is 1.17. The summed E-state index contributed by atoms with van der Waals surface area (Å²) in [5.74, 6) is -0.415. The SMILES string of the molecule is CCN(CCOc1cccc(C(=O)O)c1)CC(=O)N(C)C. The minimum Gasteiger partial charge on any atom is -0.492 e. The minimum atomic E-state index is -0.979. The number of nitrogens with zero attached hydrogens (tertiary/aromatic N) is 2. The molecule has 0 saturated heterocycles. The van der Waals surface area contributed by atoms with Gasteiger partial charge in [0.15, 0.2) is 0 Å². The van der Waals surface area contributed by atoms with E-state index in [0.29, 0.717) is 25.4 Å². The zero-order chi connectivity index (χ0) is 15.8. The summed E-state index contributed by atoms with van der Waals surface area (Å²) in [4.78, 5) is 26.0. The molecule has 0 unspecified atom stereocenters. The maximum atomic E-state index is 11.6. The van der Waals surface area contributed by atoms with Crippen LogP contribution < -0.4 is 4.74 Å². The lowest BCUT2D eigenvalue weighted by Gasteiger charge is -2.21. The molecule has 1 N–H and O–H groups in total. The largest absolute Gasteiger partial charge is 0.492 e. The summed E-state index contributed by atoms with van der Waals surface area (Å²) in [6.07, 6.45) is 0. The summed E-state index contributed by atoms with van der Waals surface area (Å²) in [5, 5.41) is 8.91. The number of benzene rings is 1. The molecule has 6 heteroatoms. The average Bonchev–Trinajstić information content (AvgIpc) is 2.46. The van der Waals surface area contributed by atoms with E-state index in [0.717, 1.165) is 6.54 Å². The van der Waals surface area contributed by atoms with Gasteiger partial charge in [0.2, 0.25) is 5.91 Å². The summed E-state index contributed by atoms with van der Waals surface area (Å²) < 4.78 is 5.54. The zero-order valence-electron chi connectivity index (χ0n) is 12.7. The number of hydrogen-bond donors (Lipinski definition) is 1. The highest BCUT2D eigenvalue weighted by Gasteiger charge is 2.11. The molecular weight excluding hydrogens is 272 g/mol. The topological polar surface area (TPSA) is 70.1 Å². The number of rotatable bonds is 8. The van der Waals surface area contributed by atoms with Crippen LogP contribution in [0.5, 0.6) is 5.75 Å². The van der Waals surface area contributed by atoms with Crippen LogP contribution >= 0.6 is 0 Å². The van der Waals surface area contributed by atoms with Gasteiger partial charge in [-0.25, -0.2) is 4.79 Å². The van der Waals surface area contributed by atoms with Gasteiger partial charge in [-0.05, 0) is 24.7 Å². The molecule has 0 atom stereocenters. The van der Waals surface area contributed by atoms with Gasteiger partial charge in [0.25, 0.3) is 0 Å². The van der Waals surface area contributed by atoms with Crippen molar-refractivity contribution in [1.82, 2.24) is 9.80 Å². The van der Waals surface area contributed by atoms with Crippen LogP contribution in [0.1, 0.15) is 17.3 Å². The third-order valence-electron chi connectivity index (χ3n) is 3.06. The maximum Gasteiger partial charge on any atom is 0.335 e. The molecule has 116 valence electrons. The highest BCUT2D eigenvalue weighted by Crippen LogP contribution is 2.13. The molecule has 0 radical (unpaired) electrons. The van der Waals surface area contributed by atoms with E-state index in [9.17, 15) is 9.59 Å². The number of carbonyl (C=O) groups is 2. The maximum absolute atomic E-state index is 11.6. The Morgan fingerprint density at radius 1 is 1.29 bits per heavy atom. The first-order valence-electron chi connectivity index (χ1n) is 6.82. The second kappa shape index (κ2) is 8.26. The zero-order valence-corrected chi connectivity index (χ0v) is 12.7. The molecule has 1 rings (SSSR count). The summed E-state index contributed by atoms with van der Waals surface area (Å²) >= 11 is 0. The molecule has 1 amide bonds. The Labute approximate surface area is 124 Å². The highest BCUT2D eigenvalue weighted by molar-refractivity contribution is 5.88. The number of amides is 1. The van der Waals surface area contributed by atoms with E-state index in [1.807, 2.05) is 11.8 Å². The van der Waals surface area contributed by atoms with E-state index in [1.54, 1.807) is 31.1 Å². The van der Waals surface area contributed by atoms with Crippen molar-refractivity contribution in [2.24, 2.45) is 0 Å². The Balaban J connectivity index is 2.46. The summed E-state index contributed by atoms with van der Waals surface area (Å²) in [6.45, 7) is 4.08. The monoisotopic (exact) mass is 294 g/mol. The van der Waals surface area contributed by atoms with E-state index in [4.69, 9.17) is 9.84 Å². The molecule has 1 aromatic carbocycles. The first kappa shape index (κ1) is 17.0. The average molecular weight is 294 g/mol. The fraction of sp³-hybridized carbons (Fsp3) is 0.467. The van der Waals surface area contributed by atoms with Gasteiger partial charge >= 0.3 is 5.97 Å². The van der Waals surface area contributed by atoms with E-state index in [2.05, 4.69) is 0 Å². The van der Waals surface area contributed by atoms with Gasteiger partial charge in [-0.3, -0.25) is 9.69 Å². The van der Waals surface area contributed by atoms with Crippen molar-refractivity contribution in [3.8, 4) is 5.75 Å². The van der Waals surface area contributed by atoms with E-state index >= 15 is 0 Å². The third-order valence-corrected chi connectivity index (χ3v) is 3.06. The van der Waals surface area contributed by atoms with Crippen LogP contribution in [0.4, 0.5) is 0 Å². The molecule has 0 aliphatic rings. The lowest BCUT2D eigenvalue weighted by atomic mass is 10.2. The van der Waals surface area contributed by atoms with Crippen molar-refractivity contribution in [3.63, 3.8) is 0 Å². The molecule has 1 aromatic rings. The molecule has 0 fully saturated rings. The Kier molecular flexibility index (Phi) is 6.68. The Bertz CT molecular complexity index is 488. The van der Waals surface area contributed by atoms with Crippen LogP contribution in [0.15, 0.2) is 24.3 Å². The van der Waals surface area contributed by atoms with Crippen molar-refractivity contribution >= 4 is 11.9 Å². The standard InChI is InChI=1S/C15H22N2O4/c1-4-17(11-14(18)16(2)3)8-9-21-13-7-5-6-12(10-13)15(19)20/h5-7,10H,4,8-9,11H2,1-3H3,(H,19,20). The number of aromatic carboxylic acids is 1. The molecular formula is C15H22N2O4. The minimum absolute atomic E-state index is 0.0460. The van der Waals surface area contributed by atoms with E-state index in [1.165, 1.54) is 12.1 Å². The van der Waals surface area contributed by atoms with Crippen molar-refractivity contribution in [2.45, 2.75) is 6.92 Å². The number of carboxylic acid groups (broad SMARTS) is 1. The molecule has 0 saturated carbocycles. The summed E-state index contributed by atoms with van der Waals surface area (Å²) in [6, 6.07) is 6.37. The van der Waals surface area contributed by atoms with Gasteiger partial charge < -0.3 is 14.7 Å². The van der Waals surface area contributed by atoms with Crippen LogP contribution in [-0.2, 0) is 4.79 Å². The first-order chi connectivity index (χ1) is 9.93. The number of carbonyl (C=O) groups excluding carboxylic acids is 1. The number of carboxylic acids is 1. The van der Waals surface area contributed by atoms with E-state index in [-0.39, 0.29) is 11.5 Å². The molecule has 0 bridgehead atoms. The van der Waals surface area contributed by atoms with Gasteiger partial charge in [0, 0.05) is 20.6 Å². The molecule has 21 heavy (non-hydrogen) atoms.